The van der Waals surface area contributed by atoms with Gasteiger partial charge in [-0.15, -0.1) is 0 Å². The van der Waals surface area contributed by atoms with E-state index in [1.807, 2.05) is 36.1 Å². The van der Waals surface area contributed by atoms with Crippen molar-refractivity contribution in [1.82, 2.24) is 9.88 Å². The van der Waals surface area contributed by atoms with Crippen LogP contribution in [0.5, 0.6) is 0 Å². The molecule has 1 fully saturated rings. The number of aromatic nitrogens is 1. The van der Waals surface area contributed by atoms with Crippen LogP contribution in [0.2, 0.25) is 0 Å². The fourth-order valence-corrected chi connectivity index (χ4v) is 3.72. The molecule has 1 saturated heterocycles. The van der Waals surface area contributed by atoms with Crippen LogP contribution in [0, 0.1) is 18.6 Å². The predicted molar refractivity (Wildman–Crippen MR) is 105 cm³/mol. The molecule has 0 spiro atoms. The molecular weight excluding hydrogens is 360 g/mol. The van der Waals surface area contributed by atoms with Crippen molar-refractivity contribution in [1.29, 1.82) is 0 Å². The molecule has 6 heteroatoms. The van der Waals surface area contributed by atoms with E-state index in [9.17, 15) is 13.6 Å². The Labute approximate surface area is 162 Å². The van der Waals surface area contributed by atoms with Gasteiger partial charge in [-0.3, -0.25) is 9.78 Å². The Hall–Kier alpha value is -3.02. The molecule has 1 aliphatic rings. The minimum atomic E-state index is -0.663. The Balaban J connectivity index is 1.48. The summed E-state index contributed by atoms with van der Waals surface area (Å²) in [6, 6.07) is 11.8. The summed E-state index contributed by atoms with van der Waals surface area (Å²) < 4.78 is 27.7. The van der Waals surface area contributed by atoms with Crippen LogP contribution < -0.4 is 4.90 Å². The van der Waals surface area contributed by atoms with Gasteiger partial charge in [0.05, 0.1) is 6.42 Å². The molecule has 3 aromatic rings. The summed E-state index contributed by atoms with van der Waals surface area (Å²) in [5.74, 6) is -1.18. The lowest BCUT2D eigenvalue weighted by molar-refractivity contribution is -0.130. The Bertz CT molecular complexity index is 1030. The number of piperazine rings is 1. The maximum atomic E-state index is 14.0. The zero-order valence-electron chi connectivity index (χ0n) is 15.7. The number of pyridine rings is 1. The highest BCUT2D eigenvalue weighted by Gasteiger charge is 2.23. The van der Waals surface area contributed by atoms with Gasteiger partial charge in [0.25, 0.3) is 0 Å². The molecule has 1 amide bonds. The van der Waals surface area contributed by atoms with Crippen LogP contribution in [0.15, 0.2) is 48.7 Å². The number of hydrogen-bond acceptors (Lipinski definition) is 3. The third-order valence-electron chi connectivity index (χ3n) is 5.32. The van der Waals surface area contributed by atoms with Crippen LogP contribution in [-0.2, 0) is 11.2 Å². The standard InChI is InChI=1S/C22H21F2N3O/c1-15-4-2-3-5-16(15)12-21(28)27-10-8-26(9-11-27)20-6-7-25-22-18(20)13-17(23)14-19(22)24/h2-7,13-14H,8-12H2,1H3. The number of fused-ring (bicyclic) bond motifs is 1. The maximum absolute atomic E-state index is 14.0. The van der Waals surface area contributed by atoms with Gasteiger partial charge in [-0.2, -0.15) is 0 Å². The lowest BCUT2D eigenvalue weighted by atomic mass is 10.0. The Morgan fingerprint density at radius 1 is 1.07 bits per heavy atom. The fourth-order valence-electron chi connectivity index (χ4n) is 3.72. The molecular formula is C22H21F2N3O. The van der Waals surface area contributed by atoms with Crippen LogP contribution in [0.25, 0.3) is 10.9 Å². The van der Waals surface area contributed by atoms with E-state index in [4.69, 9.17) is 0 Å². The second-order valence-corrected chi connectivity index (χ2v) is 7.08. The quantitative estimate of drug-likeness (QED) is 0.694. The Kier molecular flexibility index (Phi) is 4.94. The summed E-state index contributed by atoms with van der Waals surface area (Å²) in [5.41, 5.74) is 3.06. The van der Waals surface area contributed by atoms with Gasteiger partial charge < -0.3 is 9.80 Å². The van der Waals surface area contributed by atoms with Crippen molar-refractivity contribution < 1.29 is 13.6 Å². The van der Waals surface area contributed by atoms with Gasteiger partial charge in [0, 0.05) is 49.5 Å². The van der Waals surface area contributed by atoms with Crippen LogP contribution in [0.1, 0.15) is 11.1 Å². The van der Waals surface area contributed by atoms with Gasteiger partial charge in [0.2, 0.25) is 5.91 Å². The van der Waals surface area contributed by atoms with Crippen LogP contribution in [-0.4, -0.2) is 42.0 Å². The van der Waals surface area contributed by atoms with Gasteiger partial charge >= 0.3 is 0 Å². The summed E-state index contributed by atoms with van der Waals surface area (Å²) in [4.78, 5) is 20.6. The van der Waals surface area contributed by atoms with Crippen molar-refractivity contribution in [2.45, 2.75) is 13.3 Å². The van der Waals surface area contributed by atoms with Crippen molar-refractivity contribution in [2.75, 3.05) is 31.1 Å². The molecule has 0 unspecified atom stereocenters. The van der Waals surface area contributed by atoms with E-state index in [2.05, 4.69) is 9.88 Å². The van der Waals surface area contributed by atoms with Gasteiger partial charge in [-0.05, 0) is 30.2 Å². The molecule has 0 radical (unpaired) electrons. The zero-order valence-corrected chi connectivity index (χ0v) is 15.7. The molecule has 0 N–H and O–H groups in total. The van der Waals surface area contributed by atoms with Gasteiger partial charge in [0.1, 0.15) is 11.3 Å². The highest BCUT2D eigenvalue weighted by molar-refractivity contribution is 5.92. The Morgan fingerprint density at radius 3 is 2.57 bits per heavy atom. The summed E-state index contributed by atoms with van der Waals surface area (Å²) in [6.45, 7) is 4.37. The maximum Gasteiger partial charge on any atom is 0.227 e. The van der Waals surface area contributed by atoms with Crippen LogP contribution in [0.4, 0.5) is 14.5 Å². The van der Waals surface area contributed by atoms with Crippen LogP contribution in [0.3, 0.4) is 0 Å². The number of carbonyl (C=O) groups is 1. The van der Waals surface area contributed by atoms with Gasteiger partial charge in [0.15, 0.2) is 5.82 Å². The highest BCUT2D eigenvalue weighted by atomic mass is 19.1. The summed E-state index contributed by atoms with van der Waals surface area (Å²) >= 11 is 0. The molecule has 144 valence electrons. The number of aryl methyl sites for hydroxylation is 1. The molecule has 0 saturated carbocycles. The van der Waals surface area contributed by atoms with Crippen LogP contribution >= 0.6 is 0 Å². The lowest BCUT2D eigenvalue weighted by Gasteiger charge is -2.36. The topological polar surface area (TPSA) is 36.4 Å². The Morgan fingerprint density at radius 2 is 1.82 bits per heavy atom. The van der Waals surface area contributed by atoms with Crippen molar-refractivity contribution in [3.05, 3.63) is 71.4 Å². The molecule has 1 aromatic heterocycles. The molecule has 2 heterocycles. The summed E-state index contributed by atoms with van der Waals surface area (Å²) in [7, 11) is 0. The number of benzene rings is 2. The van der Waals surface area contributed by atoms with E-state index in [-0.39, 0.29) is 11.4 Å². The number of amides is 1. The minimum Gasteiger partial charge on any atom is -0.367 e. The number of anilines is 1. The molecule has 0 atom stereocenters. The minimum absolute atomic E-state index is 0.102. The second-order valence-electron chi connectivity index (χ2n) is 7.08. The van der Waals surface area contributed by atoms with Crippen molar-refractivity contribution in [2.24, 2.45) is 0 Å². The third kappa shape index (κ3) is 3.54. The zero-order chi connectivity index (χ0) is 19.7. The first-order valence-corrected chi connectivity index (χ1v) is 9.34. The van der Waals surface area contributed by atoms with Crippen molar-refractivity contribution in [3.63, 3.8) is 0 Å². The van der Waals surface area contributed by atoms with Gasteiger partial charge in [-0.25, -0.2) is 8.78 Å². The molecule has 4 nitrogen and oxygen atoms in total. The summed E-state index contributed by atoms with van der Waals surface area (Å²) in [5, 5.41) is 0.458. The van der Waals surface area contributed by atoms with E-state index in [0.29, 0.717) is 38.0 Å². The monoisotopic (exact) mass is 381 g/mol. The second kappa shape index (κ2) is 7.54. The molecule has 2 aromatic carbocycles. The van der Waals surface area contributed by atoms with E-state index in [1.54, 1.807) is 6.07 Å². The lowest BCUT2D eigenvalue weighted by Crippen LogP contribution is -2.49. The number of nitrogens with zero attached hydrogens (tertiary/aromatic N) is 3. The van der Waals surface area contributed by atoms with Gasteiger partial charge in [-0.1, -0.05) is 24.3 Å². The van der Waals surface area contributed by atoms with Crippen molar-refractivity contribution >= 4 is 22.5 Å². The first-order valence-electron chi connectivity index (χ1n) is 9.34. The predicted octanol–water partition coefficient (Wildman–Crippen LogP) is 3.71. The number of halogens is 2. The number of hydrogen-bond donors (Lipinski definition) is 0. The molecule has 28 heavy (non-hydrogen) atoms. The molecule has 0 bridgehead atoms. The average Bonchev–Trinajstić information content (AvgIpc) is 2.69. The largest absolute Gasteiger partial charge is 0.367 e. The average molecular weight is 381 g/mol. The first-order chi connectivity index (χ1) is 13.5. The normalized spacial score (nSPS) is 14.5. The van der Waals surface area contributed by atoms with E-state index in [0.717, 1.165) is 22.9 Å². The number of carbonyl (C=O) groups excluding carboxylic acids is 1. The molecule has 4 rings (SSSR count). The summed E-state index contributed by atoms with van der Waals surface area (Å²) in [6.07, 6.45) is 1.93. The van der Waals surface area contributed by atoms with E-state index in [1.165, 1.54) is 12.3 Å². The third-order valence-corrected chi connectivity index (χ3v) is 5.32. The van der Waals surface area contributed by atoms with Crippen molar-refractivity contribution in [3.8, 4) is 0 Å². The SMILES string of the molecule is Cc1ccccc1CC(=O)N1CCN(c2ccnc3c(F)cc(F)cc23)CC1. The first kappa shape index (κ1) is 18.3. The molecule has 0 aliphatic carbocycles. The highest BCUT2D eigenvalue weighted by Crippen LogP contribution is 2.28. The van der Waals surface area contributed by atoms with E-state index >= 15 is 0 Å². The number of rotatable bonds is 3. The van der Waals surface area contributed by atoms with E-state index < -0.39 is 11.6 Å². The smallest absolute Gasteiger partial charge is 0.227 e. The molecule has 1 aliphatic heterocycles. The fraction of sp³-hybridized carbons (Fsp3) is 0.273.